The lowest BCUT2D eigenvalue weighted by molar-refractivity contribution is -0.121. The average molecular weight is 364 g/mol. The van der Waals surface area contributed by atoms with Crippen molar-refractivity contribution in [2.24, 2.45) is 0 Å². The highest BCUT2D eigenvalue weighted by molar-refractivity contribution is 7.14. The zero-order valence-corrected chi connectivity index (χ0v) is 14.4. The smallest absolute Gasteiger partial charge is 0.226 e. The van der Waals surface area contributed by atoms with Gasteiger partial charge in [-0.25, -0.2) is 13.8 Å². The first kappa shape index (κ1) is 16.7. The van der Waals surface area contributed by atoms with Crippen LogP contribution in [0, 0.1) is 11.6 Å². The Hall–Kier alpha value is -2.12. The molecule has 0 aliphatic rings. The maximum absolute atomic E-state index is 13.3. The molecule has 0 unspecified atom stereocenters. The number of hydrogen-bond acceptors (Lipinski definition) is 4. The van der Waals surface area contributed by atoms with Gasteiger partial charge in [0.1, 0.15) is 5.01 Å². The van der Waals surface area contributed by atoms with Crippen molar-refractivity contribution in [1.82, 2.24) is 10.3 Å². The van der Waals surface area contributed by atoms with Gasteiger partial charge in [-0.2, -0.15) is 11.3 Å². The van der Waals surface area contributed by atoms with E-state index in [1.807, 2.05) is 22.2 Å². The predicted octanol–water partition coefficient (Wildman–Crippen LogP) is 4.57. The second-order valence-electron chi connectivity index (χ2n) is 5.30. The summed E-state index contributed by atoms with van der Waals surface area (Å²) in [5, 5.41) is 9.50. The topological polar surface area (TPSA) is 42.0 Å². The molecule has 1 amide bonds. The first-order chi connectivity index (χ1) is 11.5. The van der Waals surface area contributed by atoms with Crippen molar-refractivity contribution in [3.8, 4) is 10.6 Å². The lowest BCUT2D eigenvalue weighted by Crippen LogP contribution is -2.28. The average Bonchev–Trinajstić information content (AvgIpc) is 3.20. The van der Waals surface area contributed by atoms with E-state index in [1.54, 1.807) is 18.3 Å². The number of halogens is 2. The minimum absolute atomic E-state index is 0.147. The van der Waals surface area contributed by atoms with E-state index in [1.165, 1.54) is 17.4 Å². The lowest BCUT2D eigenvalue weighted by atomic mass is 10.1. The van der Waals surface area contributed by atoms with E-state index in [0.29, 0.717) is 11.3 Å². The molecule has 0 radical (unpaired) electrons. The van der Waals surface area contributed by atoms with E-state index >= 15 is 0 Å². The van der Waals surface area contributed by atoms with Gasteiger partial charge in [0.25, 0.3) is 0 Å². The van der Waals surface area contributed by atoms with Crippen LogP contribution in [0.5, 0.6) is 0 Å². The molecule has 1 atom stereocenters. The van der Waals surface area contributed by atoms with Crippen LogP contribution in [0.25, 0.3) is 10.6 Å². The molecule has 0 spiro atoms. The van der Waals surface area contributed by atoms with E-state index in [-0.39, 0.29) is 12.3 Å². The van der Waals surface area contributed by atoms with Crippen molar-refractivity contribution >= 4 is 28.6 Å². The highest BCUT2D eigenvalue weighted by atomic mass is 32.1. The van der Waals surface area contributed by atoms with Crippen molar-refractivity contribution in [1.29, 1.82) is 0 Å². The van der Waals surface area contributed by atoms with Crippen LogP contribution in [0.3, 0.4) is 0 Å². The molecule has 3 aromatic rings. The van der Waals surface area contributed by atoms with Crippen LogP contribution in [0.2, 0.25) is 0 Å². The van der Waals surface area contributed by atoms with Crippen molar-refractivity contribution in [2.75, 3.05) is 0 Å². The standard InChI is InChI=1S/C17H14F2N2OS2/c1-10(11-2-3-14(18)15(19)6-11)20-16(22)7-13-9-24-17(21-13)12-4-5-23-8-12/h2-6,8-10H,7H2,1H3,(H,20,22)/t10-/m1/s1. The van der Waals surface area contributed by atoms with Crippen LogP contribution in [0.4, 0.5) is 8.78 Å². The Morgan fingerprint density at radius 3 is 2.79 bits per heavy atom. The Bertz CT molecular complexity index is 846. The second kappa shape index (κ2) is 7.19. The number of benzene rings is 1. The van der Waals surface area contributed by atoms with Crippen molar-refractivity contribution < 1.29 is 13.6 Å². The summed E-state index contributed by atoms with van der Waals surface area (Å²) >= 11 is 3.09. The first-order valence-electron chi connectivity index (χ1n) is 7.24. The molecule has 1 aromatic carbocycles. The monoisotopic (exact) mass is 364 g/mol. The summed E-state index contributed by atoms with van der Waals surface area (Å²) in [6, 6.07) is 5.18. The van der Waals surface area contributed by atoms with Crippen LogP contribution in [-0.4, -0.2) is 10.9 Å². The number of rotatable bonds is 5. The highest BCUT2D eigenvalue weighted by Gasteiger charge is 2.14. The molecule has 0 fully saturated rings. The van der Waals surface area contributed by atoms with Crippen molar-refractivity contribution in [3.05, 3.63) is 63.3 Å². The van der Waals surface area contributed by atoms with Gasteiger partial charge in [0.05, 0.1) is 18.2 Å². The van der Waals surface area contributed by atoms with Gasteiger partial charge in [-0.1, -0.05) is 6.07 Å². The summed E-state index contributed by atoms with van der Waals surface area (Å²) in [5.74, 6) is -2.04. The Kier molecular flexibility index (Phi) is 5.01. The molecule has 0 saturated carbocycles. The minimum Gasteiger partial charge on any atom is -0.349 e. The number of carbonyl (C=O) groups is 1. The quantitative estimate of drug-likeness (QED) is 0.721. The number of thiophene rings is 1. The Morgan fingerprint density at radius 2 is 2.08 bits per heavy atom. The van der Waals surface area contributed by atoms with E-state index in [4.69, 9.17) is 0 Å². The summed E-state index contributed by atoms with van der Waals surface area (Å²) in [4.78, 5) is 16.6. The van der Waals surface area contributed by atoms with Gasteiger partial charge in [-0.05, 0) is 36.1 Å². The fourth-order valence-electron chi connectivity index (χ4n) is 2.23. The molecule has 2 heterocycles. The van der Waals surface area contributed by atoms with Gasteiger partial charge in [0.2, 0.25) is 5.91 Å². The molecular weight excluding hydrogens is 350 g/mol. The number of aromatic nitrogens is 1. The van der Waals surface area contributed by atoms with E-state index in [2.05, 4.69) is 10.3 Å². The SMILES string of the molecule is C[C@@H](NC(=O)Cc1csc(-c2ccsc2)n1)c1ccc(F)c(F)c1. The van der Waals surface area contributed by atoms with Gasteiger partial charge in [-0.15, -0.1) is 11.3 Å². The predicted molar refractivity (Wildman–Crippen MR) is 92.0 cm³/mol. The highest BCUT2D eigenvalue weighted by Crippen LogP contribution is 2.26. The number of thiazole rings is 1. The number of nitrogens with zero attached hydrogens (tertiary/aromatic N) is 1. The molecule has 24 heavy (non-hydrogen) atoms. The van der Waals surface area contributed by atoms with Gasteiger partial charge >= 0.3 is 0 Å². The zero-order valence-electron chi connectivity index (χ0n) is 12.8. The molecule has 0 aliphatic carbocycles. The summed E-state index contributed by atoms with van der Waals surface area (Å²) < 4.78 is 26.2. The number of hydrogen-bond donors (Lipinski definition) is 1. The Morgan fingerprint density at radius 1 is 1.25 bits per heavy atom. The maximum Gasteiger partial charge on any atom is 0.226 e. The van der Waals surface area contributed by atoms with Gasteiger partial charge in [0, 0.05) is 16.3 Å². The zero-order chi connectivity index (χ0) is 17.1. The van der Waals surface area contributed by atoms with Crippen LogP contribution in [0.1, 0.15) is 24.2 Å². The van der Waals surface area contributed by atoms with E-state index in [9.17, 15) is 13.6 Å². The molecule has 3 nitrogen and oxygen atoms in total. The second-order valence-corrected chi connectivity index (χ2v) is 6.93. The molecule has 0 bridgehead atoms. The maximum atomic E-state index is 13.3. The van der Waals surface area contributed by atoms with Crippen LogP contribution < -0.4 is 5.32 Å². The lowest BCUT2D eigenvalue weighted by Gasteiger charge is -2.14. The van der Waals surface area contributed by atoms with Crippen LogP contribution >= 0.6 is 22.7 Å². The molecule has 0 saturated heterocycles. The van der Waals surface area contributed by atoms with E-state index in [0.717, 1.165) is 22.7 Å². The van der Waals surface area contributed by atoms with Gasteiger partial charge in [-0.3, -0.25) is 4.79 Å². The number of nitrogens with one attached hydrogen (secondary N) is 1. The third kappa shape index (κ3) is 3.85. The molecule has 1 N–H and O–H groups in total. The molecule has 3 rings (SSSR count). The Balaban J connectivity index is 1.62. The summed E-state index contributed by atoms with van der Waals surface area (Å²) in [7, 11) is 0. The molecule has 2 aromatic heterocycles. The summed E-state index contributed by atoms with van der Waals surface area (Å²) in [6.45, 7) is 1.72. The number of carbonyl (C=O) groups excluding carboxylic acids is 1. The van der Waals surface area contributed by atoms with Crippen LogP contribution in [0.15, 0.2) is 40.4 Å². The minimum atomic E-state index is -0.923. The van der Waals surface area contributed by atoms with E-state index < -0.39 is 17.7 Å². The molecular formula is C17H14F2N2OS2. The summed E-state index contributed by atoms with van der Waals surface area (Å²) in [5.41, 5.74) is 2.25. The summed E-state index contributed by atoms with van der Waals surface area (Å²) in [6.07, 6.45) is 0.147. The van der Waals surface area contributed by atoms with Crippen molar-refractivity contribution in [2.45, 2.75) is 19.4 Å². The largest absolute Gasteiger partial charge is 0.349 e. The molecule has 0 aliphatic heterocycles. The fourth-order valence-corrected chi connectivity index (χ4v) is 3.76. The normalized spacial score (nSPS) is 12.1. The third-order valence-electron chi connectivity index (χ3n) is 3.48. The Labute approximate surface area is 146 Å². The van der Waals surface area contributed by atoms with Gasteiger partial charge in [0.15, 0.2) is 11.6 Å². The first-order valence-corrected chi connectivity index (χ1v) is 9.06. The van der Waals surface area contributed by atoms with Crippen LogP contribution in [-0.2, 0) is 11.2 Å². The number of amides is 1. The van der Waals surface area contributed by atoms with Crippen molar-refractivity contribution in [3.63, 3.8) is 0 Å². The van der Waals surface area contributed by atoms with Gasteiger partial charge < -0.3 is 5.32 Å². The molecule has 7 heteroatoms. The fraction of sp³-hybridized carbons (Fsp3) is 0.176. The third-order valence-corrected chi connectivity index (χ3v) is 5.11. The molecule has 124 valence electrons.